The Morgan fingerprint density at radius 1 is 1.06 bits per heavy atom. The number of hydrogen-bond acceptors (Lipinski definition) is 7. The van der Waals surface area contributed by atoms with Gasteiger partial charge in [-0.2, -0.15) is 5.26 Å². The maximum Gasteiger partial charge on any atom is 0.243 e. The lowest BCUT2D eigenvalue weighted by Gasteiger charge is -2.29. The fraction of sp³-hybridized carbons (Fsp3) is 0.385. The Morgan fingerprint density at radius 3 is 2.44 bits per heavy atom. The standard InChI is InChI=1S/C26H29N5O3/c1-33-22-11-10-18(16-23(22)34-2)12-13-28-26(32)19(17-27)24-25(31-14-6-3-7-15-31)30-21-9-5-4-8-20(21)29-24/h4-5,8-11,16,19H,3,6-7,12-15H2,1-2H3,(H,28,32)/t19-/m0/s1. The van der Waals surface area contributed by atoms with Crippen LogP contribution in [0.15, 0.2) is 42.5 Å². The second-order valence-electron chi connectivity index (χ2n) is 8.26. The van der Waals surface area contributed by atoms with Crippen molar-refractivity contribution in [1.29, 1.82) is 5.26 Å². The van der Waals surface area contributed by atoms with Gasteiger partial charge in [0, 0.05) is 19.6 Å². The third-order valence-electron chi connectivity index (χ3n) is 6.06. The molecule has 1 amide bonds. The Balaban J connectivity index is 1.53. The molecule has 4 rings (SSSR count). The molecule has 2 heterocycles. The van der Waals surface area contributed by atoms with E-state index in [1.54, 1.807) is 14.2 Å². The lowest BCUT2D eigenvalue weighted by Crippen LogP contribution is -2.35. The first-order valence-corrected chi connectivity index (χ1v) is 11.5. The van der Waals surface area contributed by atoms with Crippen molar-refractivity contribution in [1.82, 2.24) is 15.3 Å². The number of piperidine rings is 1. The summed E-state index contributed by atoms with van der Waals surface area (Å²) in [5.41, 5.74) is 2.85. The number of nitriles is 1. The Bertz CT molecular complexity index is 1200. The van der Waals surface area contributed by atoms with E-state index in [1.165, 1.54) is 6.42 Å². The second kappa shape index (κ2) is 10.8. The SMILES string of the molecule is COc1ccc(CCNC(=O)[C@@H](C#N)c2nc3ccccc3nc2N2CCCCC2)cc1OC. The van der Waals surface area contributed by atoms with Crippen molar-refractivity contribution >= 4 is 22.8 Å². The number of rotatable bonds is 8. The summed E-state index contributed by atoms with van der Waals surface area (Å²) in [6.45, 7) is 2.07. The van der Waals surface area contributed by atoms with Gasteiger partial charge >= 0.3 is 0 Å². The van der Waals surface area contributed by atoms with Crippen molar-refractivity contribution in [2.75, 3.05) is 38.8 Å². The molecule has 0 unspecified atom stereocenters. The average Bonchev–Trinajstić information content (AvgIpc) is 2.89. The molecule has 0 aliphatic carbocycles. The van der Waals surface area contributed by atoms with E-state index in [4.69, 9.17) is 19.4 Å². The van der Waals surface area contributed by atoms with Gasteiger partial charge in [0.1, 0.15) is 5.69 Å². The Labute approximate surface area is 199 Å². The van der Waals surface area contributed by atoms with Crippen molar-refractivity contribution < 1.29 is 14.3 Å². The minimum Gasteiger partial charge on any atom is -0.493 e. The quantitative estimate of drug-likeness (QED) is 0.549. The number of carbonyl (C=O) groups is 1. The molecule has 1 saturated heterocycles. The summed E-state index contributed by atoms with van der Waals surface area (Å²) in [4.78, 5) is 24.8. The normalized spacial score (nSPS) is 14.3. The van der Waals surface area contributed by atoms with Gasteiger partial charge < -0.3 is 19.7 Å². The highest BCUT2D eigenvalue weighted by molar-refractivity contribution is 5.88. The van der Waals surface area contributed by atoms with Crippen LogP contribution >= 0.6 is 0 Å². The number of ether oxygens (including phenoxy) is 2. The number of nitrogens with one attached hydrogen (secondary N) is 1. The van der Waals surface area contributed by atoms with E-state index in [2.05, 4.69) is 16.3 Å². The largest absolute Gasteiger partial charge is 0.493 e. The van der Waals surface area contributed by atoms with Crippen molar-refractivity contribution in [3.63, 3.8) is 0 Å². The van der Waals surface area contributed by atoms with E-state index < -0.39 is 5.92 Å². The molecule has 0 radical (unpaired) electrons. The zero-order chi connectivity index (χ0) is 23.9. The molecule has 1 aliphatic heterocycles. The number of benzene rings is 2. The molecule has 0 saturated carbocycles. The summed E-state index contributed by atoms with van der Waals surface area (Å²) in [6, 6.07) is 15.4. The number of carbonyl (C=O) groups excluding carboxylic acids is 1. The first-order valence-electron chi connectivity index (χ1n) is 11.5. The molecular weight excluding hydrogens is 430 g/mol. The zero-order valence-electron chi connectivity index (χ0n) is 19.6. The van der Waals surface area contributed by atoms with E-state index in [0.717, 1.165) is 37.0 Å². The van der Waals surface area contributed by atoms with Crippen molar-refractivity contribution in [3.8, 4) is 17.6 Å². The monoisotopic (exact) mass is 459 g/mol. The topological polar surface area (TPSA) is 100 Å². The number of aromatic nitrogens is 2. The van der Waals surface area contributed by atoms with Crippen LogP contribution in [0.3, 0.4) is 0 Å². The molecule has 1 N–H and O–H groups in total. The fourth-order valence-electron chi connectivity index (χ4n) is 4.25. The van der Waals surface area contributed by atoms with Crippen LogP contribution in [0, 0.1) is 11.3 Å². The van der Waals surface area contributed by atoms with Gasteiger partial charge in [0.2, 0.25) is 5.91 Å². The molecule has 34 heavy (non-hydrogen) atoms. The minimum absolute atomic E-state index is 0.370. The van der Waals surface area contributed by atoms with Gasteiger partial charge in [-0.1, -0.05) is 18.2 Å². The lowest BCUT2D eigenvalue weighted by molar-refractivity contribution is -0.121. The fourth-order valence-corrected chi connectivity index (χ4v) is 4.25. The summed E-state index contributed by atoms with van der Waals surface area (Å²) < 4.78 is 10.6. The van der Waals surface area contributed by atoms with Gasteiger partial charge in [0.15, 0.2) is 23.2 Å². The Hall–Kier alpha value is -3.86. The van der Waals surface area contributed by atoms with Crippen LogP contribution in [0.5, 0.6) is 11.5 Å². The minimum atomic E-state index is -1.04. The summed E-state index contributed by atoms with van der Waals surface area (Å²) in [5, 5.41) is 12.9. The van der Waals surface area contributed by atoms with Crippen molar-refractivity contribution in [2.24, 2.45) is 0 Å². The Morgan fingerprint density at radius 2 is 1.76 bits per heavy atom. The summed E-state index contributed by atoms with van der Waals surface area (Å²) in [6.07, 6.45) is 3.88. The molecule has 0 bridgehead atoms. The molecule has 1 atom stereocenters. The molecule has 1 aliphatic rings. The van der Waals surface area contributed by atoms with Crippen LogP contribution in [0.4, 0.5) is 5.82 Å². The first kappa shape index (κ1) is 23.3. The van der Waals surface area contributed by atoms with E-state index >= 15 is 0 Å². The number of fused-ring (bicyclic) bond motifs is 1. The van der Waals surface area contributed by atoms with Crippen molar-refractivity contribution in [2.45, 2.75) is 31.6 Å². The van der Waals surface area contributed by atoms with Gasteiger partial charge in [-0.25, -0.2) is 9.97 Å². The van der Waals surface area contributed by atoms with Gasteiger partial charge in [0.05, 0.1) is 31.3 Å². The summed E-state index contributed by atoms with van der Waals surface area (Å²) in [5.74, 6) is 0.518. The number of amides is 1. The summed E-state index contributed by atoms with van der Waals surface area (Å²) >= 11 is 0. The molecule has 1 fully saturated rings. The molecule has 8 heteroatoms. The van der Waals surface area contributed by atoms with Crippen LogP contribution in [0.2, 0.25) is 0 Å². The van der Waals surface area contributed by atoms with Gasteiger partial charge in [-0.3, -0.25) is 4.79 Å². The smallest absolute Gasteiger partial charge is 0.243 e. The average molecular weight is 460 g/mol. The van der Waals surface area contributed by atoms with Gasteiger partial charge in [-0.15, -0.1) is 0 Å². The predicted molar refractivity (Wildman–Crippen MR) is 130 cm³/mol. The number of hydrogen-bond donors (Lipinski definition) is 1. The number of para-hydroxylation sites is 2. The second-order valence-corrected chi connectivity index (χ2v) is 8.26. The maximum absolute atomic E-state index is 13.1. The van der Waals surface area contributed by atoms with Crippen LogP contribution in [-0.2, 0) is 11.2 Å². The van der Waals surface area contributed by atoms with E-state index in [1.807, 2.05) is 42.5 Å². The van der Waals surface area contributed by atoms with E-state index in [0.29, 0.717) is 41.5 Å². The van der Waals surface area contributed by atoms with Gasteiger partial charge in [0.25, 0.3) is 0 Å². The molecule has 8 nitrogen and oxygen atoms in total. The maximum atomic E-state index is 13.1. The predicted octanol–water partition coefficient (Wildman–Crippen LogP) is 3.60. The molecular formula is C26H29N5O3. The van der Waals surface area contributed by atoms with Crippen LogP contribution in [0.25, 0.3) is 11.0 Å². The molecule has 176 valence electrons. The number of methoxy groups -OCH3 is 2. The molecule has 1 aromatic heterocycles. The van der Waals surface area contributed by atoms with Gasteiger partial charge in [-0.05, 0) is 55.5 Å². The third kappa shape index (κ3) is 5.04. The molecule has 0 spiro atoms. The number of anilines is 1. The Kier molecular flexibility index (Phi) is 7.43. The van der Waals surface area contributed by atoms with Crippen LogP contribution in [-0.4, -0.2) is 49.7 Å². The molecule has 3 aromatic rings. The number of nitrogens with zero attached hydrogens (tertiary/aromatic N) is 4. The van der Waals surface area contributed by atoms with Crippen molar-refractivity contribution in [3.05, 3.63) is 53.7 Å². The molecule has 2 aromatic carbocycles. The highest BCUT2D eigenvalue weighted by Crippen LogP contribution is 2.30. The van der Waals surface area contributed by atoms with Crippen LogP contribution in [0.1, 0.15) is 36.4 Å². The highest BCUT2D eigenvalue weighted by atomic mass is 16.5. The highest BCUT2D eigenvalue weighted by Gasteiger charge is 2.29. The third-order valence-corrected chi connectivity index (χ3v) is 6.06. The van der Waals surface area contributed by atoms with Crippen LogP contribution < -0.4 is 19.7 Å². The van der Waals surface area contributed by atoms with E-state index in [9.17, 15) is 10.1 Å². The summed E-state index contributed by atoms with van der Waals surface area (Å²) in [7, 11) is 3.18. The van der Waals surface area contributed by atoms with E-state index in [-0.39, 0.29) is 5.91 Å². The first-order chi connectivity index (χ1) is 16.6. The zero-order valence-corrected chi connectivity index (χ0v) is 19.6. The lowest BCUT2D eigenvalue weighted by atomic mass is 10.0.